The maximum Gasteiger partial charge on any atom is -1.00 e. The zero-order valence-electron chi connectivity index (χ0n) is 30.9. The summed E-state index contributed by atoms with van der Waals surface area (Å²) in [5.41, 5.74) is 3.67. The molecule has 6 saturated carbocycles. The summed E-state index contributed by atoms with van der Waals surface area (Å²) < 4.78 is 2.62. The van der Waals surface area contributed by atoms with Gasteiger partial charge in [-0.15, -0.1) is 0 Å². The van der Waals surface area contributed by atoms with Crippen LogP contribution < -0.4 is 24.8 Å². The van der Waals surface area contributed by atoms with E-state index in [1.165, 1.54) is 25.7 Å². The van der Waals surface area contributed by atoms with E-state index in [1.54, 1.807) is 17.6 Å². The van der Waals surface area contributed by atoms with Crippen LogP contribution in [0.15, 0.2) is 93.4 Å². The van der Waals surface area contributed by atoms with E-state index < -0.39 is 23.2 Å². The number of hydrogen-bond donors (Lipinski definition) is 0. The third kappa shape index (κ3) is 3.66. The molecule has 48 heavy (non-hydrogen) atoms. The van der Waals surface area contributed by atoms with E-state index >= 15 is 0 Å². The molecule has 0 aromatic heterocycles. The van der Waals surface area contributed by atoms with Crippen LogP contribution in [0.5, 0.6) is 0 Å². The fourth-order valence-corrected chi connectivity index (χ4v) is 21.8. The molecule has 0 saturated heterocycles. The predicted molar refractivity (Wildman–Crippen MR) is 189 cm³/mol. The van der Waals surface area contributed by atoms with Gasteiger partial charge in [-0.05, 0) is 0 Å². The summed E-state index contributed by atoms with van der Waals surface area (Å²) in [7, 11) is 0. The Kier molecular flexibility index (Phi) is 8.16. The molecule has 4 bridgehead atoms. The Morgan fingerprint density at radius 1 is 0.667 bits per heavy atom. The number of allylic oxidation sites excluding steroid dienone is 16. The van der Waals surface area contributed by atoms with Gasteiger partial charge in [-0.1, -0.05) is 0 Å². The Bertz CT molecular complexity index is 1630. The number of hydrogen-bond acceptors (Lipinski definition) is 0. The Balaban J connectivity index is 0.00000182. The van der Waals surface area contributed by atoms with E-state index in [0.717, 1.165) is 29.6 Å². The molecule has 0 heterocycles. The number of halogens is 2. The molecule has 0 aromatic rings. The van der Waals surface area contributed by atoms with E-state index in [-0.39, 0.29) is 62.7 Å². The van der Waals surface area contributed by atoms with Crippen molar-refractivity contribution in [1.29, 1.82) is 0 Å². The molecule has 6 fully saturated rings. The molecule has 0 N–H and O–H groups in total. The molecule has 10 unspecified atom stereocenters. The van der Waals surface area contributed by atoms with Gasteiger partial charge in [-0.25, -0.2) is 0 Å². The normalized spacial score (nSPS) is 55.7. The summed E-state index contributed by atoms with van der Waals surface area (Å²) >= 11 is -1.03. The molecule has 0 aliphatic heterocycles. The molecule has 0 spiro atoms. The van der Waals surface area contributed by atoms with Crippen molar-refractivity contribution >= 4 is 0 Å². The number of fused-ring (bicyclic) bond motifs is 8. The maximum absolute atomic E-state index is 2.87. The van der Waals surface area contributed by atoms with Crippen molar-refractivity contribution in [2.24, 2.45) is 79.3 Å². The van der Waals surface area contributed by atoms with Gasteiger partial charge in [0.05, 0.1) is 0 Å². The molecule has 256 valence electrons. The molecule has 10 aliphatic carbocycles. The van der Waals surface area contributed by atoms with E-state index in [1.807, 2.05) is 3.28 Å². The topological polar surface area (TPSA) is 0 Å². The Hall–Kier alpha value is -0.617. The molecule has 10 aliphatic rings. The van der Waals surface area contributed by atoms with Crippen molar-refractivity contribution in [1.82, 2.24) is 0 Å². The van der Waals surface area contributed by atoms with Crippen LogP contribution in [0.4, 0.5) is 0 Å². The van der Waals surface area contributed by atoms with Crippen LogP contribution >= 0.6 is 0 Å². The summed E-state index contributed by atoms with van der Waals surface area (Å²) in [6, 6.07) is 0. The Morgan fingerprint density at radius 2 is 1.19 bits per heavy atom. The second-order valence-corrected chi connectivity index (χ2v) is 22.8. The summed E-state index contributed by atoms with van der Waals surface area (Å²) in [6.45, 7) is 24.1. The average Bonchev–Trinajstić information content (AvgIpc) is 3.44. The van der Waals surface area contributed by atoms with Crippen LogP contribution in [0.2, 0.25) is 3.63 Å². The molecule has 0 amide bonds. The predicted octanol–water partition coefficient (Wildman–Crippen LogP) is 5.85. The first kappa shape index (κ1) is 35.8. The van der Waals surface area contributed by atoms with Crippen LogP contribution in [0.25, 0.3) is 0 Å². The minimum absolute atomic E-state index is 0. The van der Waals surface area contributed by atoms with Gasteiger partial charge in [0.15, 0.2) is 0 Å². The van der Waals surface area contributed by atoms with Gasteiger partial charge >= 0.3 is 294 Å². The SMILES string of the molecule is CC1=CC=CC2[CH]([Zr+2][C]3=CC(C4C5CC6CC(C5)CC4C6)=CC3C)C3(C)C4(C)C=CC=CC4(C)C4(C)C=CC=CC4(C)C3(C)C12C.[Cl-].[Cl-]. The van der Waals surface area contributed by atoms with Gasteiger partial charge in [0.2, 0.25) is 0 Å². The third-order valence-electron chi connectivity index (χ3n) is 18.7. The monoisotopic (exact) mass is 758 g/mol. The van der Waals surface area contributed by atoms with Gasteiger partial charge in [-0.3, -0.25) is 0 Å². The molecule has 10 rings (SSSR count). The fraction of sp³-hybridized carbons (Fsp3) is 0.644. The average molecular weight is 761 g/mol. The van der Waals surface area contributed by atoms with Crippen molar-refractivity contribution in [2.45, 2.75) is 98.0 Å². The third-order valence-corrected chi connectivity index (χ3v) is 24.1. The zero-order chi connectivity index (χ0) is 32.3. The second-order valence-electron chi connectivity index (χ2n) is 19.2. The zero-order valence-corrected chi connectivity index (χ0v) is 34.9. The van der Waals surface area contributed by atoms with E-state index in [2.05, 4.69) is 141 Å². The van der Waals surface area contributed by atoms with Gasteiger partial charge < -0.3 is 24.8 Å². The molecular weight excluding hydrogens is 703 g/mol. The van der Waals surface area contributed by atoms with E-state index in [4.69, 9.17) is 0 Å². The summed E-state index contributed by atoms with van der Waals surface area (Å²) in [5.74, 6) is 6.13. The molecular formula is C45H58Cl2Zr. The van der Waals surface area contributed by atoms with Gasteiger partial charge in [0, 0.05) is 0 Å². The van der Waals surface area contributed by atoms with E-state index in [9.17, 15) is 0 Å². The largest absolute Gasteiger partial charge is 1.00 e. The summed E-state index contributed by atoms with van der Waals surface area (Å²) in [6.07, 6.45) is 41.3. The first-order chi connectivity index (χ1) is 21.7. The van der Waals surface area contributed by atoms with Crippen molar-refractivity contribution in [3.05, 3.63) is 93.4 Å². The molecule has 3 heteroatoms. The Labute approximate surface area is 316 Å². The van der Waals surface area contributed by atoms with Gasteiger partial charge in [0.1, 0.15) is 0 Å². The van der Waals surface area contributed by atoms with Crippen molar-refractivity contribution in [3.63, 3.8) is 0 Å². The number of rotatable bonds is 3. The molecule has 10 atom stereocenters. The summed E-state index contributed by atoms with van der Waals surface area (Å²) in [4.78, 5) is 0. The second kappa shape index (κ2) is 11.0. The van der Waals surface area contributed by atoms with Gasteiger partial charge in [-0.2, -0.15) is 0 Å². The first-order valence-corrected chi connectivity index (χ1v) is 21.6. The van der Waals surface area contributed by atoms with E-state index in [0.29, 0.717) is 15.5 Å². The minimum atomic E-state index is -1.03. The van der Waals surface area contributed by atoms with Crippen LogP contribution in [-0.2, 0) is 23.2 Å². The first-order valence-electron chi connectivity index (χ1n) is 19.0. The van der Waals surface area contributed by atoms with Crippen LogP contribution in [0.1, 0.15) is 94.4 Å². The molecule has 0 aromatic carbocycles. The standard InChI is InChI=1S/C29H37.C16H21.2ClH.Zr/c1-21-14-13-15-22-20-27(6)25(4)18-10-9-16-23(25,2)24(3)17-11-12-19-26(24,5)29(27,8)28(21,22)7;1-10-2-3-13(4-10)16-14-6-11-5-12(8-14)9-15(16)7-11;;;/h9-20,22H,1-8H3;3-4,10-12,14-16H,5-9H2,1H3;2*1H;/q;;;;+2/p-2. The fourth-order valence-electron chi connectivity index (χ4n) is 15.8. The maximum atomic E-state index is 2.87. The summed E-state index contributed by atoms with van der Waals surface area (Å²) in [5, 5.41) is 0. The van der Waals surface area contributed by atoms with Gasteiger partial charge in [0.25, 0.3) is 0 Å². The minimum Gasteiger partial charge on any atom is -1.00 e. The molecule has 0 radical (unpaired) electrons. The molecule has 0 nitrogen and oxygen atoms in total. The van der Waals surface area contributed by atoms with Crippen molar-refractivity contribution in [2.75, 3.05) is 0 Å². The quantitative estimate of drug-likeness (QED) is 0.339. The van der Waals surface area contributed by atoms with Crippen LogP contribution in [0.3, 0.4) is 0 Å². The smallest absolute Gasteiger partial charge is 1.00 e. The van der Waals surface area contributed by atoms with Crippen molar-refractivity contribution < 1.29 is 48.0 Å². The van der Waals surface area contributed by atoms with Crippen LogP contribution in [-0.4, -0.2) is 0 Å². The van der Waals surface area contributed by atoms with Crippen molar-refractivity contribution in [3.8, 4) is 0 Å². The Morgan fingerprint density at radius 3 is 1.77 bits per heavy atom. The van der Waals surface area contributed by atoms with Crippen LogP contribution in [0, 0.1) is 79.3 Å².